The quantitative estimate of drug-likeness (QED) is 0.648. The molecule has 1 aromatic carbocycles. The number of hydrogen-bond acceptors (Lipinski definition) is 2. The fourth-order valence-corrected chi connectivity index (χ4v) is 4.94. The van der Waals surface area contributed by atoms with Crippen LogP contribution in [0.4, 0.5) is 5.69 Å². The Hall–Kier alpha value is -1.02. The topological polar surface area (TPSA) is 6.48 Å². The van der Waals surface area contributed by atoms with Gasteiger partial charge in [0.15, 0.2) is 0 Å². The van der Waals surface area contributed by atoms with E-state index in [9.17, 15) is 0 Å². The summed E-state index contributed by atoms with van der Waals surface area (Å²) in [6.45, 7) is 20.2. The lowest BCUT2D eigenvalue weighted by Gasteiger charge is -2.41. The molecule has 1 saturated heterocycles. The average molecular weight is 371 g/mol. The zero-order chi connectivity index (χ0) is 19.7. The van der Waals surface area contributed by atoms with Crippen LogP contribution in [0.3, 0.4) is 0 Å². The molecular formula is C25H42N2. The Morgan fingerprint density at radius 3 is 1.81 bits per heavy atom. The molecule has 3 rings (SSSR count). The SMILES string of the molecule is CC(C)(C)c1ccc(N2CCN(CC3CCC(C(C)(C)C)CC3)CC2)cc1. The predicted molar refractivity (Wildman–Crippen MR) is 119 cm³/mol. The molecule has 0 spiro atoms. The monoisotopic (exact) mass is 370 g/mol. The molecular weight excluding hydrogens is 328 g/mol. The van der Waals surface area contributed by atoms with E-state index in [1.807, 2.05) is 0 Å². The normalized spacial score (nSPS) is 25.6. The molecule has 2 heteroatoms. The highest BCUT2D eigenvalue weighted by atomic mass is 15.3. The standard InChI is InChI=1S/C25H42N2/c1-24(2,3)21-9-7-20(8-10-21)19-26-15-17-27(18-16-26)23-13-11-22(12-14-23)25(4,5)6/h11-14,20-21H,7-10,15-19H2,1-6H3. The van der Waals surface area contributed by atoms with Crippen molar-refractivity contribution in [3.8, 4) is 0 Å². The maximum absolute atomic E-state index is 2.72. The van der Waals surface area contributed by atoms with Gasteiger partial charge in [-0.3, -0.25) is 4.90 Å². The first-order valence-electron chi connectivity index (χ1n) is 11.2. The van der Waals surface area contributed by atoms with Crippen LogP contribution in [0.1, 0.15) is 72.8 Å². The Labute approximate surface area is 168 Å². The first-order valence-corrected chi connectivity index (χ1v) is 11.2. The molecule has 27 heavy (non-hydrogen) atoms. The van der Waals surface area contributed by atoms with Crippen molar-refractivity contribution >= 4 is 5.69 Å². The number of benzene rings is 1. The maximum atomic E-state index is 2.72. The zero-order valence-electron chi connectivity index (χ0n) is 18.7. The van der Waals surface area contributed by atoms with Crippen LogP contribution in [0.5, 0.6) is 0 Å². The van der Waals surface area contributed by atoms with E-state index < -0.39 is 0 Å². The minimum atomic E-state index is 0.239. The molecule has 0 atom stereocenters. The third kappa shape index (κ3) is 5.50. The smallest absolute Gasteiger partial charge is 0.0367 e. The van der Waals surface area contributed by atoms with Gasteiger partial charge in [0.25, 0.3) is 0 Å². The Balaban J connectivity index is 1.44. The molecule has 2 fully saturated rings. The molecule has 2 nitrogen and oxygen atoms in total. The van der Waals surface area contributed by atoms with E-state index in [1.54, 1.807) is 0 Å². The first-order chi connectivity index (χ1) is 12.6. The molecule has 0 unspecified atom stereocenters. The van der Waals surface area contributed by atoms with Gasteiger partial charge in [-0.15, -0.1) is 0 Å². The van der Waals surface area contributed by atoms with Crippen molar-refractivity contribution in [1.82, 2.24) is 4.90 Å². The molecule has 2 aliphatic rings. The molecule has 0 bridgehead atoms. The molecule has 1 saturated carbocycles. The highest BCUT2D eigenvalue weighted by Gasteiger charge is 2.30. The van der Waals surface area contributed by atoms with Crippen molar-refractivity contribution < 1.29 is 0 Å². The summed E-state index contributed by atoms with van der Waals surface area (Å²) in [6, 6.07) is 9.28. The molecule has 0 amide bonds. The van der Waals surface area contributed by atoms with Gasteiger partial charge in [0.05, 0.1) is 0 Å². The second kappa shape index (κ2) is 8.15. The molecule has 0 N–H and O–H groups in total. The van der Waals surface area contributed by atoms with E-state index >= 15 is 0 Å². The van der Waals surface area contributed by atoms with Gasteiger partial charge in [0.2, 0.25) is 0 Å². The molecule has 1 aliphatic carbocycles. The van der Waals surface area contributed by atoms with E-state index in [-0.39, 0.29) is 5.41 Å². The van der Waals surface area contributed by atoms with E-state index in [0.29, 0.717) is 5.41 Å². The van der Waals surface area contributed by atoms with E-state index in [0.717, 1.165) is 11.8 Å². The van der Waals surface area contributed by atoms with Gasteiger partial charge in [-0.05, 0) is 66.0 Å². The number of rotatable bonds is 3. The van der Waals surface area contributed by atoms with E-state index in [4.69, 9.17) is 0 Å². The fraction of sp³-hybridized carbons (Fsp3) is 0.760. The highest BCUT2D eigenvalue weighted by Crippen LogP contribution is 2.40. The molecule has 0 radical (unpaired) electrons. The summed E-state index contributed by atoms with van der Waals surface area (Å²) >= 11 is 0. The fourth-order valence-electron chi connectivity index (χ4n) is 4.94. The number of nitrogens with zero attached hydrogens (tertiary/aromatic N) is 2. The zero-order valence-corrected chi connectivity index (χ0v) is 18.7. The maximum Gasteiger partial charge on any atom is 0.0367 e. The Bertz CT molecular complexity index is 574. The number of anilines is 1. The van der Waals surface area contributed by atoms with Crippen LogP contribution in [-0.2, 0) is 5.41 Å². The van der Waals surface area contributed by atoms with Crippen LogP contribution < -0.4 is 4.90 Å². The Morgan fingerprint density at radius 1 is 0.778 bits per heavy atom. The Morgan fingerprint density at radius 2 is 1.33 bits per heavy atom. The summed E-state index contributed by atoms with van der Waals surface area (Å²) in [6.07, 6.45) is 5.76. The summed E-state index contributed by atoms with van der Waals surface area (Å²) in [5, 5.41) is 0. The lowest BCUT2D eigenvalue weighted by molar-refractivity contribution is 0.122. The van der Waals surface area contributed by atoms with Gasteiger partial charge in [-0.2, -0.15) is 0 Å². The van der Waals surface area contributed by atoms with Gasteiger partial charge in [-0.1, -0.05) is 53.7 Å². The molecule has 152 valence electrons. The molecule has 1 aromatic rings. The number of piperazine rings is 1. The minimum absolute atomic E-state index is 0.239. The van der Waals surface area contributed by atoms with Crippen LogP contribution >= 0.6 is 0 Å². The van der Waals surface area contributed by atoms with Gasteiger partial charge in [0, 0.05) is 38.4 Å². The molecule has 1 heterocycles. The predicted octanol–water partition coefficient (Wildman–Crippen LogP) is 5.96. The first kappa shape index (κ1) is 20.7. The van der Waals surface area contributed by atoms with Crippen LogP contribution in [0.25, 0.3) is 0 Å². The van der Waals surface area contributed by atoms with Crippen LogP contribution in [0, 0.1) is 17.3 Å². The van der Waals surface area contributed by atoms with Gasteiger partial charge in [0.1, 0.15) is 0 Å². The van der Waals surface area contributed by atoms with E-state index in [2.05, 4.69) is 75.6 Å². The minimum Gasteiger partial charge on any atom is -0.369 e. The molecule has 0 aromatic heterocycles. The average Bonchev–Trinajstić information content (AvgIpc) is 2.61. The van der Waals surface area contributed by atoms with Crippen molar-refractivity contribution in [2.75, 3.05) is 37.6 Å². The van der Waals surface area contributed by atoms with Crippen molar-refractivity contribution in [1.29, 1.82) is 0 Å². The third-order valence-electron chi connectivity index (χ3n) is 7.06. The van der Waals surface area contributed by atoms with E-state index in [1.165, 1.54) is 69.7 Å². The summed E-state index contributed by atoms with van der Waals surface area (Å²) in [5.74, 6) is 1.86. The summed E-state index contributed by atoms with van der Waals surface area (Å²) < 4.78 is 0. The van der Waals surface area contributed by atoms with Crippen LogP contribution in [-0.4, -0.2) is 37.6 Å². The van der Waals surface area contributed by atoms with Crippen molar-refractivity contribution in [3.05, 3.63) is 29.8 Å². The van der Waals surface area contributed by atoms with Gasteiger partial charge < -0.3 is 4.90 Å². The largest absolute Gasteiger partial charge is 0.369 e. The van der Waals surface area contributed by atoms with Crippen LogP contribution in [0.15, 0.2) is 24.3 Å². The summed E-state index contributed by atoms with van der Waals surface area (Å²) in [4.78, 5) is 5.29. The van der Waals surface area contributed by atoms with Crippen molar-refractivity contribution in [2.45, 2.75) is 72.6 Å². The van der Waals surface area contributed by atoms with Crippen molar-refractivity contribution in [3.63, 3.8) is 0 Å². The summed E-state index contributed by atoms with van der Waals surface area (Å²) in [5.41, 5.74) is 3.56. The van der Waals surface area contributed by atoms with Gasteiger partial charge >= 0.3 is 0 Å². The second-order valence-electron chi connectivity index (χ2n) is 11.2. The lowest BCUT2D eigenvalue weighted by Crippen LogP contribution is -2.48. The van der Waals surface area contributed by atoms with Crippen LogP contribution in [0.2, 0.25) is 0 Å². The Kier molecular flexibility index (Phi) is 6.25. The third-order valence-corrected chi connectivity index (χ3v) is 7.06. The van der Waals surface area contributed by atoms with Gasteiger partial charge in [-0.25, -0.2) is 0 Å². The second-order valence-corrected chi connectivity index (χ2v) is 11.2. The highest BCUT2D eigenvalue weighted by molar-refractivity contribution is 5.49. The summed E-state index contributed by atoms with van der Waals surface area (Å²) in [7, 11) is 0. The number of hydrogen-bond donors (Lipinski definition) is 0. The lowest BCUT2D eigenvalue weighted by atomic mass is 9.70. The molecule has 1 aliphatic heterocycles. The van der Waals surface area contributed by atoms with Crippen molar-refractivity contribution in [2.24, 2.45) is 17.3 Å².